The quantitative estimate of drug-likeness (QED) is 0.511. The van der Waals surface area contributed by atoms with Crippen LogP contribution in [0.25, 0.3) is 5.69 Å². The molecule has 0 bridgehead atoms. The second kappa shape index (κ2) is 10.8. The van der Waals surface area contributed by atoms with Gasteiger partial charge in [0.05, 0.1) is 10.7 Å². The van der Waals surface area contributed by atoms with Gasteiger partial charge in [-0.3, -0.25) is 19.2 Å². The van der Waals surface area contributed by atoms with Crippen molar-refractivity contribution in [2.24, 2.45) is 5.73 Å². The highest BCUT2D eigenvalue weighted by molar-refractivity contribution is 6.32. The van der Waals surface area contributed by atoms with E-state index in [-0.39, 0.29) is 31.1 Å². The summed E-state index contributed by atoms with van der Waals surface area (Å²) < 4.78 is 1.45. The third-order valence-electron chi connectivity index (χ3n) is 5.12. The largest absolute Gasteiger partial charge is 0.366 e. The number of nitrogens with two attached hydrogens (primary N) is 1. The van der Waals surface area contributed by atoms with Crippen molar-refractivity contribution in [3.8, 4) is 5.69 Å². The number of hydrogen-bond acceptors (Lipinski definition) is 5. The minimum atomic E-state index is -0.577. The van der Waals surface area contributed by atoms with Gasteiger partial charge in [-0.05, 0) is 50.2 Å². The highest BCUT2D eigenvalue weighted by atomic mass is 35.5. The molecule has 0 saturated carbocycles. The number of para-hydroxylation sites is 1. The SMILES string of the molecule is CCN(CCC(=O)Nc1ccc(C(N)=O)cc1)C(=O)c1nn(-c2ccccc2Cl)c(C)cc1=O. The first-order chi connectivity index (χ1) is 16.2. The second-order valence-corrected chi connectivity index (χ2v) is 7.89. The molecule has 0 aliphatic carbocycles. The molecule has 176 valence electrons. The Morgan fingerprint density at radius 3 is 2.41 bits per heavy atom. The Morgan fingerprint density at radius 2 is 1.79 bits per heavy atom. The molecule has 1 aromatic heterocycles. The molecule has 0 aliphatic rings. The zero-order valence-electron chi connectivity index (χ0n) is 18.7. The minimum absolute atomic E-state index is 0.00170. The predicted molar refractivity (Wildman–Crippen MR) is 129 cm³/mol. The number of benzene rings is 2. The van der Waals surface area contributed by atoms with Crippen LogP contribution in [-0.4, -0.2) is 45.5 Å². The molecule has 10 heteroatoms. The van der Waals surface area contributed by atoms with Crippen molar-refractivity contribution in [3.63, 3.8) is 0 Å². The van der Waals surface area contributed by atoms with E-state index in [9.17, 15) is 19.2 Å². The number of carbonyl (C=O) groups is 3. The molecule has 3 rings (SSSR count). The van der Waals surface area contributed by atoms with Crippen LogP contribution >= 0.6 is 11.6 Å². The molecule has 0 radical (unpaired) electrons. The smallest absolute Gasteiger partial charge is 0.278 e. The Labute approximate surface area is 201 Å². The molecule has 0 unspecified atom stereocenters. The monoisotopic (exact) mass is 481 g/mol. The van der Waals surface area contributed by atoms with Gasteiger partial charge < -0.3 is 16.0 Å². The third kappa shape index (κ3) is 5.68. The van der Waals surface area contributed by atoms with Gasteiger partial charge in [0.25, 0.3) is 5.91 Å². The number of halogens is 1. The topological polar surface area (TPSA) is 127 Å². The van der Waals surface area contributed by atoms with E-state index in [4.69, 9.17) is 17.3 Å². The number of hydrogen-bond donors (Lipinski definition) is 2. The fourth-order valence-electron chi connectivity index (χ4n) is 3.29. The van der Waals surface area contributed by atoms with Gasteiger partial charge in [-0.2, -0.15) is 5.10 Å². The lowest BCUT2D eigenvalue weighted by atomic mass is 10.2. The van der Waals surface area contributed by atoms with Gasteiger partial charge in [0.2, 0.25) is 17.2 Å². The van der Waals surface area contributed by atoms with Gasteiger partial charge in [0.15, 0.2) is 5.69 Å². The molecule has 34 heavy (non-hydrogen) atoms. The lowest BCUT2D eigenvalue weighted by Crippen LogP contribution is -2.38. The van der Waals surface area contributed by atoms with Crippen LogP contribution in [0.15, 0.2) is 59.4 Å². The van der Waals surface area contributed by atoms with Crippen molar-refractivity contribution in [1.82, 2.24) is 14.7 Å². The molecule has 0 fully saturated rings. The fraction of sp³-hybridized carbons (Fsp3) is 0.208. The lowest BCUT2D eigenvalue weighted by Gasteiger charge is -2.21. The summed E-state index contributed by atoms with van der Waals surface area (Å²) in [4.78, 5) is 50.5. The number of aromatic nitrogens is 2. The molecule has 0 spiro atoms. The lowest BCUT2D eigenvalue weighted by molar-refractivity contribution is -0.116. The maximum Gasteiger partial charge on any atom is 0.278 e. The van der Waals surface area contributed by atoms with Crippen LogP contribution in [0.3, 0.4) is 0 Å². The molecular weight excluding hydrogens is 458 g/mol. The summed E-state index contributed by atoms with van der Waals surface area (Å²) in [7, 11) is 0. The number of carbonyl (C=O) groups excluding carboxylic acids is 3. The average Bonchev–Trinajstić information content (AvgIpc) is 2.80. The Kier molecular flexibility index (Phi) is 7.80. The Morgan fingerprint density at radius 1 is 1.12 bits per heavy atom. The van der Waals surface area contributed by atoms with Gasteiger partial charge in [-0.25, -0.2) is 4.68 Å². The van der Waals surface area contributed by atoms with Crippen molar-refractivity contribution < 1.29 is 14.4 Å². The second-order valence-electron chi connectivity index (χ2n) is 7.49. The van der Waals surface area contributed by atoms with Gasteiger partial charge in [-0.15, -0.1) is 0 Å². The van der Waals surface area contributed by atoms with Crippen LogP contribution in [0.4, 0.5) is 5.69 Å². The highest BCUT2D eigenvalue weighted by Gasteiger charge is 2.22. The van der Waals surface area contributed by atoms with E-state index in [0.717, 1.165) is 0 Å². The van der Waals surface area contributed by atoms with Crippen LogP contribution in [0.2, 0.25) is 5.02 Å². The Hall–Kier alpha value is -3.98. The molecule has 0 aliphatic heterocycles. The summed E-state index contributed by atoms with van der Waals surface area (Å²) in [6.07, 6.45) is 0.00170. The van der Waals surface area contributed by atoms with Crippen molar-refractivity contribution >= 4 is 35.0 Å². The number of amides is 3. The van der Waals surface area contributed by atoms with Crippen LogP contribution in [0.5, 0.6) is 0 Å². The van der Waals surface area contributed by atoms with E-state index >= 15 is 0 Å². The third-order valence-corrected chi connectivity index (χ3v) is 5.44. The summed E-state index contributed by atoms with van der Waals surface area (Å²) in [6, 6.07) is 14.4. The van der Waals surface area contributed by atoms with E-state index in [0.29, 0.717) is 27.7 Å². The summed E-state index contributed by atoms with van der Waals surface area (Å²) in [5.41, 5.74) is 6.33. The van der Waals surface area contributed by atoms with Gasteiger partial charge in [-0.1, -0.05) is 23.7 Å². The van der Waals surface area contributed by atoms with Crippen molar-refractivity contribution in [3.05, 3.63) is 86.8 Å². The van der Waals surface area contributed by atoms with E-state index < -0.39 is 17.2 Å². The molecule has 1 heterocycles. The molecule has 3 amide bonds. The number of primary amides is 1. The number of anilines is 1. The predicted octanol–water partition coefficient (Wildman–Crippen LogP) is 2.78. The first kappa shape index (κ1) is 24.7. The zero-order chi connectivity index (χ0) is 24.8. The standard InChI is InChI=1S/C24H24ClN5O4/c1-3-29(13-12-21(32)27-17-10-8-16(9-11-17)23(26)33)24(34)22-20(31)14-15(2)30(28-22)19-7-5-4-6-18(19)25/h4-11,14H,3,12-13H2,1-2H3,(H2,26,33)(H,27,32). The van der Waals surface area contributed by atoms with Gasteiger partial charge in [0.1, 0.15) is 0 Å². The molecule has 3 aromatic rings. The summed E-state index contributed by atoms with van der Waals surface area (Å²) in [5.74, 6) is -1.47. The van der Waals surface area contributed by atoms with Crippen LogP contribution in [0.1, 0.15) is 39.9 Å². The fourth-order valence-corrected chi connectivity index (χ4v) is 3.51. The first-order valence-corrected chi connectivity index (χ1v) is 10.9. The summed E-state index contributed by atoms with van der Waals surface area (Å²) in [5, 5.41) is 7.40. The maximum absolute atomic E-state index is 13.1. The molecular formula is C24H24ClN5O4. The molecule has 9 nitrogen and oxygen atoms in total. The maximum atomic E-state index is 13.1. The summed E-state index contributed by atoms with van der Waals surface area (Å²) >= 11 is 6.27. The molecule has 3 N–H and O–H groups in total. The highest BCUT2D eigenvalue weighted by Crippen LogP contribution is 2.20. The number of aryl methyl sites for hydroxylation is 1. The molecule has 0 atom stereocenters. The van der Waals surface area contributed by atoms with Crippen molar-refractivity contribution in [1.29, 1.82) is 0 Å². The number of nitrogens with one attached hydrogen (secondary N) is 1. The van der Waals surface area contributed by atoms with E-state index in [1.807, 2.05) is 0 Å². The van der Waals surface area contributed by atoms with E-state index in [2.05, 4.69) is 10.4 Å². The molecule has 2 aromatic carbocycles. The van der Waals surface area contributed by atoms with E-state index in [1.165, 1.54) is 27.8 Å². The summed E-state index contributed by atoms with van der Waals surface area (Å²) in [6.45, 7) is 3.81. The molecule has 0 saturated heterocycles. The number of rotatable bonds is 8. The van der Waals surface area contributed by atoms with Crippen molar-refractivity contribution in [2.75, 3.05) is 18.4 Å². The first-order valence-electron chi connectivity index (χ1n) is 10.6. The minimum Gasteiger partial charge on any atom is -0.366 e. The van der Waals surface area contributed by atoms with Crippen LogP contribution in [-0.2, 0) is 4.79 Å². The Bertz CT molecular complexity index is 1290. The zero-order valence-corrected chi connectivity index (χ0v) is 19.5. The van der Waals surface area contributed by atoms with E-state index in [1.54, 1.807) is 50.2 Å². The average molecular weight is 482 g/mol. The van der Waals surface area contributed by atoms with Crippen molar-refractivity contribution in [2.45, 2.75) is 20.3 Å². The van der Waals surface area contributed by atoms with Crippen LogP contribution < -0.4 is 16.5 Å². The Balaban J connectivity index is 1.73. The van der Waals surface area contributed by atoms with Gasteiger partial charge in [0, 0.05) is 42.5 Å². The van der Waals surface area contributed by atoms with Crippen LogP contribution in [0, 0.1) is 6.92 Å². The number of nitrogens with zero attached hydrogens (tertiary/aromatic N) is 3. The normalized spacial score (nSPS) is 10.6. The van der Waals surface area contributed by atoms with Gasteiger partial charge >= 0.3 is 0 Å².